The van der Waals surface area contributed by atoms with Gasteiger partial charge in [-0.1, -0.05) is 23.4 Å². The van der Waals surface area contributed by atoms with Crippen LogP contribution < -0.4 is 27.7 Å². The predicted molar refractivity (Wildman–Crippen MR) is 175 cm³/mol. The minimum Gasteiger partial charge on any atom is -0.507 e. The number of hydrogen-bond donors (Lipinski definition) is 5. The number of amidine groups is 1. The standard InChI is InChI=1S/C33H34F3N7O6/c1-18(2)41-30-31(46)43(26(15-40-30)22-11-23(33(34,35)36)13-24(37)12-22)16-28(45)39-14-20-6-9-25(27(44)10-20)29(38)42-49-17-19-4-7-21(8-5-19)32(47)48-3/h4-13,15,18,44H,14,16-17,37H2,1-3H3,(H2,38,42)(H,39,45)(H,40,41). The molecule has 1 amide bonds. The quantitative estimate of drug-likeness (QED) is 0.0480. The molecular weight excluding hydrogens is 647 g/mol. The van der Waals surface area contributed by atoms with Crippen LogP contribution in [0.4, 0.5) is 24.7 Å². The molecule has 258 valence electrons. The number of carbonyl (C=O) groups excluding carboxylic acids is 2. The van der Waals surface area contributed by atoms with Crippen molar-refractivity contribution in [2.24, 2.45) is 10.9 Å². The smallest absolute Gasteiger partial charge is 0.416 e. The summed E-state index contributed by atoms with van der Waals surface area (Å²) in [5.74, 6) is -1.59. The second kappa shape index (κ2) is 15.2. The molecule has 0 bridgehead atoms. The third-order valence-electron chi connectivity index (χ3n) is 6.96. The Bertz CT molecular complexity index is 1930. The fourth-order valence-corrected chi connectivity index (χ4v) is 4.60. The number of hydrogen-bond acceptors (Lipinski definition) is 10. The Morgan fingerprint density at radius 3 is 2.39 bits per heavy atom. The lowest BCUT2D eigenvalue weighted by molar-refractivity contribution is -0.137. The Morgan fingerprint density at radius 1 is 1.06 bits per heavy atom. The highest BCUT2D eigenvalue weighted by Crippen LogP contribution is 2.34. The van der Waals surface area contributed by atoms with E-state index in [1.165, 1.54) is 31.5 Å². The molecule has 1 aromatic heterocycles. The average molecular weight is 682 g/mol. The number of nitrogens with zero attached hydrogens (tertiary/aromatic N) is 3. The van der Waals surface area contributed by atoms with E-state index in [4.69, 9.17) is 16.3 Å². The molecule has 3 aromatic carbocycles. The molecule has 4 aromatic rings. The van der Waals surface area contributed by atoms with Crippen molar-refractivity contribution in [2.75, 3.05) is 18.2 Å². The number of nitrogens with one attached hydrogen (secondary N) is 2. The lowest BCUT2D eigenvalue weighted by Crippen LogP contribution is -2.35. The number of rotatable bonds is 12. The molecule has 0 aliphatic carbocycles. The Labute approximate surface area is 278 Å². The Kier molecular flexibility index (Phi) is 11.1. The topological polar surface area (TPSA) is 196 Å². The van der Waals surface area contributed by atoms with Gasteiger partial charge in [-0.3, -0.25) is 14.2 Å². The van der Waals surface area contributed by atoms with Crippen LogP contribution in [0.15, 0.2) is 76.8 Å². The number of anilines is 2. The van der Waals surface area contributed by atoms with Crippen molar-refractivity contribution in [1.29, 1.82) is 0 Å². The number of amides is 1. The number of phenolic OH excluding ortho intramolecular Hbond substituents is 1. The Hall–Kier alpha value is -6.06. The molecule has 0 fully saturated rings. The molecule has 0 saturated heterocycles. The number of carbonyl (C=O) groups is 2. The van der Waals surface area contributed by atoms with Crippen molar-refractivity contribution in [3.05, 3.63) is 105 Å². The number of aromatic nitrogens is 2. The number of alkyl halides is 3. The summed E-state index contributed by atoms with van der Waals surface area (Å²) in [6, 6.07) is 13.5. The Balaban J connectivity index is 1.46. The molecule has 16 heteroatoms. The number of nitrogen functional groups attached to an aromatic ring is 1. The molecule has 1 heterocycles. The molecule has 7 N–H and O–H groups in total. The van der Waals surface area contributed by atoms with Gasteiger partial charge in [0.2, 0.25) is 5.91 Å². The van der Waals surface area contributed by atoms with Crippen LogP contribution in [-0.4, -0.2) is 45.5 Å². The molecular formula is C33H34F3N7O6. The van der Waals surface area contributed by atoms with Crippen molar-refractivity contribution in [2.45, 2.75) is 45.8 Å². The lowest BCUT2D eigenvalue weighted by Gasteiger charge is -2.17. The maximum absolute atomic E-state index is 13.5. The SMILES string of the molecule is COC(=O)c1ccc(CO/N=C(\N)c2ccc(CNC(=O)Cn3c(-c4cc(N)cc(C(F)(F)F)c4)cnc(NC(C)C)c3=O)cc2O)cc1. The molecule has 0 saturated carbocycles. The van der Waals surface area contributed by atoms with Crippen molar-refractivity contribution in [3.63, 3.8) is 0 Å². The van der Waals surface area contributed by atoms with E-state index in [1.807, 2.05) is 0 Å². The molecule has 0 spiro atoms. The van der Waals surface area contributed by atoms with Crippen LogP contribution in [-0.2, 0) is 40.2 Å². The van der Waals surface area contributed by atoms with Gasteiger partial charge in [0.25, 0.3) is 5.56 Å². The summed E-state index contributed by atoms with van der Waals surface area (Å²) in [6.45, 7) is 2.92. The maximum atomic E-state index is 13.5. The van der Waals surface area contributed by atoms with Crippen LogP contribution in [0, 0.1) is 0 Å². The molecule has 0 aliphatic heterocycles. The predicted octanol–water partition coefficient (Wildman–Crippen LogP) is 3.98. The highest BCUT2D eigenvalue weighted by molar-refractivity contribution is 5.99. The van der Waals surface area contributed by atoms with Crippen LogP contribution in [0.5, 0.6) is 5.75 Å². The van der Waals surface area contributed by atoms with Gasteiger partial charge in [-0.25, -0.2) is 9.78 Å². The molecule has 0 radical (unpaired) electrons. The van der Waals surface area contributed by atoms with E-state index in [0.717, 1.165) is 16.7 Å². The van der Waals surface area contributed by atoms with Gasteiger partial charge < -0.3 is 36.8 Å². The molecule has 0 unspecified atom stereocenters. The minimum atomic E-state index is -4.70. The number of benzene rings is 3. The van der Waals surface area contributed by atoms with Crippen LogP contribution in [0.3, 0.4) is 0 Å². The highest BCUT2D eigenvalue weighted by atomic mass is 19.4. The van der Waals surface area contributed by atoms with Crippen LogP contribution in [0.2, 0.25) is 0 Å². The lowest BCUT2D eigenvalue weighted by atomic mass is 10.1. The van der Waals surface area contributed by atoms with E-state index in [9.17, 15) is 32.7 Å². The van der Waals surface area contributed by atoms with Crippen LogP contribution in [0.25, 0.3) is 11.3 Å². The first kappa shape index (κ1) is 35.8. The monoisotopic (exact) mass is 681 g/mol. The first-order valence-corrected chi connectivity index (χ1v) is 14.7. The number of ether oxygens (including phenoxy) is 1. The summed E-state index contributed by atoms with van der Waals surface area (Å²) in [5, 5.41) is 19.9. The van der Waals surface area contributed by atoms with E-state index in [0.29, 0.717) is 16.7 Å². The number of methoxy groups -OCH3 is 1. The average Bonchev–Trinajstić information content (AvgIpc) is 3.04. The van der Waals surface area contributed by atoms with Crippen molar-refractivity contribution < 1.29 is 37.4 Å². The van der Waals surface area contributed by atoms with Crippen molar-refractivity contribution in [3.8, 4) is 17.0 Å². The summed E-state index contributed by atoms with van der Waals surface area (Å²) < 4.78 is 46.2. The maximum Gasteiger partial charge on any atom is 0.416 e. The van der Waals surface area contributed by atoms with E-state index < -0.39 is 35.7 Å². The summed E-state index contributed by atoms with van der Waals surface area (Å²) in [5.41, 5.74) is 11.4. The van der Waals surface area contributed by atoms with Gasteiger partial charge >= 0.3 is 12.1 Å². The number of nitrogens with two attached hydrogens (primary N) is 2. The van der Waals surface area contributed by atoms with Crippen molar-refractivity contribution >= 4 is 29.2 Å². The highest BCUT2D eigenvalue weighted by Gasteiger charge is 2.31. The third-order valence-corrected chi connectivity index (χ3v) is 6.96. The van der Waals surface area contributed by atoms with Gasteiger partial charge in [-0.15, -0.1) is 0 Å². The zero-order chi connectivity index (χ0) is 35.9. The summed E-state index contributed by atoms with van der Waals surface area (Å²) in [7, 11) is 1.28. The van der Waals surface area contributed by atoms with Gasteiger partial charge in [0.05, 0.1) is 35.7 Å². The number of aromatic hydroxyl groups is 1. The largest absolute Gasteiger partial charge is 0.507 e. The first-order valence-electron chi connectivity index (χ1n) is 14.7. The summed E-state index contributed by atoms with van der Waals surface area (Å²) >= 11 is 0. The molecule has 0 aliphatic rings. The molecule has 13 nitrogen and oxygen atoms in total. The van der Waals surface area contributed by atoms with Crippen molar-refractivity contribution in [1.82, 2.24) is 14.9 Å². The van der Waals surface area contributed by atoms with Gasteiger partial charge in [0.1, 0.15) is 18.9 Å². The molecule has 4 rings (SSSR count). The van der Waals surface area contributed by atoms with Crippen LogP contribution in [0.1, 0.15) is 46.5 Å². The molecule has 49 heavy (non-hydrogen) atoms. The second-order valence-electron chi connectivity index (χ2n) is 11.1. The van der Waals surface area contributed by atoms with Gasteiger partial charge in [-0.2, -0.15) is 13.2 Å². The molecule has 0 atom stereocenters. The van der Waals surface area contributed by atoms with Gasteiger partial charge in [-0.05, 0) is 67.4 Å². The number of oxime groups is 1. The van der Waals surface area contributed by atoms with Gasteiger partial charge in [0, 0.05) is 23.8 Å². The van der Waals surface area contributed by atoms with Crippen LogP contribution >= 0.6 is 0 Å². The minimum absolute atomic E-state index is 0.0332. The summed E-state index contributed by atoms with van der Waals surface area (Å²) in [6.07, 6.45) is -3.51. The second-order valence-corrected chi connectivity index (χ2v) is 11.1. The van der Waals surface area contributed by atoms with E-state index >= 15 is 0 Å². The number of esters is 1. The number of halogens is 3. The fraction of sp³-hybridized carbons (Fsp3) is 0.242. The normalized spacial score (nSPS) is 11.7. The zero-order valence-electron chi connectivity index (χ0n) is 26.7. The van der Waals surface area contributed by atoms with E-state index in [1.54, 1.807) is 44.2 Å². The first-order chi connectivity index (χ1) is 23.2. The number of phenols is 1. The van der Waals surface area contributed by atoms with E-state index in [-0.39, 0.29) is 59.1 Å². The fourth-order valence-electron chi connectivity index (χ4n) is 4.60. The Morgan fingerprint density at radius 2 is 1.76 bits per heavy atom. The van der Waals surface area contributed by atoms with Gasteiger partial charge in [0.15, 0.2) is 11.7 Å². The van der Waals surface area contributed by atoms with E-state index in [2.05, 4.69) is 25.5 Å². The summed E-state index contributed by atoms with van der Waals surface area (Å²) in [4.78, 5) is 47.3. The third kappa shape index (κ3) is 9.27. The zero-order valence-corrected chi connectivity index (χ0v) is 26.7.